The average molecular weight is 313 g/mol. The van der Waals surface area contributed by atoms with Crippen LogP contribution in [0.2, 0.25) is 0 Å². The zero-order valence-corrected chi connectivity index (χ0v) is 12.4. The number of benzene rings is 1. The topological polar surface area (TPSA) is 72.9 Å². The lowest BCUT2D eigenvalue weighted by atomic mass is 9.85. The molecular weight excluding hydrogens is 298 g/mol. The van der Waals surface area contributed by atoms with E-state index in [0.29, 0.717) is 29.9 Å². The third-order valence-electron chi connectivity index (χ3n) is 4.60. The molecular formula is C17H15NO5. The molecule has 1 saturated heterocycles. The Balaban J connectivity index is 1.53. The molecule has 6 heteroatoms. The van der Waals surface area contributed by atoms with Crippen LogP contribution in [-0.4, -0.2) is 35.8 Å². The van der Waals surface area contributed by atoms with Crippen molar-refractivity contribution in [3.63, 3.8) is 0 Å². The molecule has 0 aromatic heterocycles. The van der Waals surface area contributed by atoms with Crippen molar-refractivity contribution < 1.29 is 23.9 Å². The summed E-state index contributed by atoms with van der Waals surface area (Å²) in [5, 5.41) is 0. The molecule has 118 valence electrons. The van der Waals surface area contributed by atoms with E-state index in [1.165, 1.54) is 0 Å². The van der Waals surface area contributed by atoms with Gasteiger partial charge in [-0.25, -0.2) is 0 Å². The van der Waals surface area contributed by atoms with Crippen LogP contribution in [0.4, 0.5) is 0 Å². The number of rotatable bonds is 3. The number of hydrogen-bond donors (Lipinski definition) is 0. The summed E-state index contributed by atoms with van der Waals surface area (Å²) in [6, 6.07) is 4.87. The van der Waals surface area contributed by atoms with Gasteiger partial charge in [-0.2, -0.15) is 0 Å². The smallest absolute Gasteiger partial charge is 0.233 e. The molecule has 1 fully saturated rings. The molecule has 2 heterocycles. The van der Waals surface area contributed by atoms with Gasteiger partial charge in [0.2, 0.25) is 18.6 Å². The molecule has 0 bridgehead atoms. The van der Waals surface area contributed by atoms with Crippen molar-refractivity contribution in [2.24, 2.45) is 11.8 Å². The van der Waals surface area contributed by atoms with E-state index in [-0.39, 0.29) is 42.8 Å². The minimum Gasteiger partial charge on any atom is -0.454 e. The Labute approximate surface area is 132 Å². The van der Waals surface area contributed by atoms with Gasteiger partial charge in [-0.15, -0.1) is 0 Å². The number of Topliss-reactive ketones (excluding diaryl/α,β-unsaturated/α-hetero) is 1. The number of likely N-dealkylation sites (tertiary alicyclic amines) is 1. The van der Waals surface area contributed by atoms with Gasteiger partial charge in [0, 0.05) is 5.56 Å². The first-order chi connectivity index (χ1) is 11.1. The molecule has 4 rings (SSSR count). The van der Waals surface area contributed by atoms with Crippen molar-refractivity contribution in [3.05, 3.63) is 35.9 Å². The number of ketones is 1. The van der Waals surface area contributed by atoms with E-state index in [4.69, 9.17) is 9.47 Å². The van der Waals surface area contributed by atoms with Crippen molar-refractivity contribution >= 4 is 17.6 Å². The predicted octanol–water partition coefficient (Wildman–Crippen LogP) is 1.55. The van der Waals surface area contributed by atoms with Crippen LogP contribution in [0.15, 0.2) is 30.4 Å². The molecule has 0 spiro atoms. The Hall–Kier alpha value is -2.63. The van der Waals surface area contributed by atoms with Gasteiger partial charge in [-0.1, -0.05) is 12.2 Å². The lowest BCUT2D eigenvalue weighted by Gasteiger charge is -2.14. The molecule has 0 N–H and O–H groups in total. The third kappa shape index (κ3) is 2.21. The van der Waals surface area contributed by atoms with E-state index in [0.717, 1.165) is 4.90 Å². The number of amides is 2. The van der Waals surface area contributed by atoms with Gasteiger partial charge in [0.25, 0.3) is 0 Å². The van der Waals surface area contributed by atoms with E-state index in [1.54, 1.807) is 18.2 Å². The summed E-state index contributed by atoms with van der Waals surface area (Å²) in [5.74, 6) is -0.276. The Morgan fingerprint density at radius 1 is 1.04 bits per heavy atom. The number of ether oxygens (including phenoxy) is 2. The summed E-state index contributed by atoms with van der Waals surface area (Å²) < 4.78 is 10.5. The molecule has 0 unspecified atom stereocenters. The number of hydrogen-bond acceptors (Lipinski definition) is 5. The standard InChI is InChI=1S/C17H15NO5/c19-13(10-5-6-14-15(7-10)23-9-22-14)8-18-16(20)11-3-1-2-4-12(11)17(18)21/h1-2,5-7,11-12H,3-4,8-9H2/t11-,12-/m1/s1. The Kier molecular flexibility index (Phi) is 3.18. The van der Waals surface area contributed by atoms with E-state index >= 15 is 0 Å². The van der Waals surface area contributed by atoms with Crippen LogP contribution >= 0.6 is 0 Å². The summed E-state index contributed by atoms with van der Waals surface area (Å²) in [4.78, 5) is 38.3. The summed E-state index contributed by atoms with van der Waals surface area (Å²) in [7, 11) is 0. The predicted molar refractivity (Wildman–Crippen MR) is 79.0 cm³/mol. The fourth-order valence-corrected chi connectivity index (χ4v) is 3.33. The molecule has 1 aliphatic carbocycles. The van der Waals surface area contributed by atoms with E-state index in [2.05, 4.69) is 0 Å². The first-order valence-corrected chi connectivity index (χ1v) is 7.58. The zero-order chi connectivity index (χ0) is 16.0. The second-order valence-corrected chi connectivity index (χ2v) is 5.91. The molecule has 1 aromatic rings. The van der Waals surface area contributed by atoms with Crippen LogP contribution in [0.5, 0.6) is 11.5 Å². The molecule has 0 radical (unpaired) electrons. The largest absolute Gasteiger partial charge is 0.454 e. The molecule has 0 saturated carbocycles. The lowest BCUT2D eigenvalue weighted by molar-refractivity contribution is -0.139. The van der Waals surface area contributed by atoms with Gasteiger partial charge < -0.3 is 9.47 Å². The number of carbonyl (C=O) groups excluding carboxylic acids is 3. The highest BCUT2D eigenvalue weighted by molar-refractivity contribution is 6.10. The maximum absolute atomic E-state index is 12.4. The molecule has 3 aliphatic rings. The van der Waals surface area contributed by atoms with Crippen LogP contribution in [-0.2, 0) is 9.59 Å². The lowest BCUT2D eigenvalue weighted by Crippen LogP contribution is -2.36. The zero-order valence-electron chi connectivity index (χ0n) is 12.4. The summed E-state index contributed by atoms with van der Waals surface area (Å²) in [6.07, 6.45) is 5.00. The quantitative estimate of drug-likeness (QED) is 0.481. The second kappa shape index (κ2) is 5.22. The van der Waals surface area contributed by atoms with Crippen LogP contribution < -0.4 is 9.47 Å². The van der Waals surface area contributed by atoms with E-state index in [9.17, 15) is 14.4 Å². The molecule has 1 aromatic carbocycles. The number of imide groups is 1. The van der Waals surface area contributed by atoms with Gasteiger partial charge in [-0.05, 0) is 31.0 Å². The Morgan fingerprint density at radius 3 is 2.39 bits per heavy atom. The minimum atomic E-state index is -0.308. The van der Waals surface area contributed by atoms with Gasteiger partial charge in [0.1, 0.15) is 0 Å². The molecule has 6 nitrogen and oxygen atoms in total. The van der Waals surface area contributed by atoms with Gasteiger partial charge in [-0.3, -0.25) is 19.3 Å². The molecule has 2 atom stereocenters. The fourth-order valence-electron chi connectivity index (χ4n) is 3.33. The van der Waals surface area contributed by atoms with E-state index in [1.807, 2.05) is 12.2 Å². The summed E-state index contributed by atoms with van der Waals surface area (Å²) in [5.41, 5.74) is 0.405. The van der Waals surface area contributed by atoms with Crippen molar-refractivity contribution in [1.29, 1.82) is 0 Å². The van der Waals surface area contributed by atoms with Crippen LogP contribution in [0, 0.1) is 11.8 Å². The Morgan fingerprint density at radius 2 is 1.70 bits per heavy atom. The maximum atomic E-state index is 12.4. The van der Waals surface area contributed by atoms with Gasteiger partial charge >= 0.3 is 0 Å². The SMILES string of the molecule is O=C(CN1C(=O)[C@@H]2CC=CC[C@H]2C1=O)c1ccc2c(c1)OCO2. The first-order valence-electron chi connectivity index (χ1n) is 7.58. The van der Waals surface area contributed by atoms with Crippen molar-refractivity contribution in [1.82, 2.24) is 4.90 Å². The fraction of sp³-hybridized carbons (Fsp3) is 0.353. The van der Waals surface area contributed by atoms with Crippen LogP contribution in [0.1, 0.15) is 23.2 Å². The first kappa shape index (κ1) is 14.0. The Bertz CT molecular complexity index is 712. The van der Waals surface area contributed by atoms with Crippen LogP contribution in [0.3, 0.4) is 0 Å². The minimum absolute atomic E-state index is 0.131. The molecule has 2 aliphatic heterocycles. The summed E-state index contributed by atoms with van der Waals surface area (Å²) in [6.45, 7) is -0.0866. The van der Waals surface area contributed by atoms with Crippen molar-refractivity contribution in [3.8, 4) is 11.5 Å². The number of allylic oxidation sites excluding steroid dienone is 2. The summed E-state index contributed by atoms with van der Waals surface area (Å²) >= 11 is 0. The highest BCUT2D eigenvalue weighted by Crippen LogP contribution is 2.36. The van der Waals surface area contributed by atoms with Crippen LogP contribution in [0.25, 0.3) is 0 Å². The second-order valence-electron chi connectivity index (χ2n) is 5.91. The normalized spacial score (nSPS) is 25.0. The van der Waals surface area contributed by atoms with Crippen molar-refractivity contribution in [2.75, 3.05) is 13.3 Å². The van der Waals surface area contributed by atoms with Crippen molar-refractivity contribution in [2.45, 2.75) is 12.8 Å². The highest BCUT2D eigenvalue weighted by atomic mass is 16.7. The third-order valence-corrected chi connectivity index (χ3v) is 4.60. The molecule has 23 heavy (non-hydrogen) atoms. The average Bonchev–Trinajstić information content (AvgIpc) is 3.13. The molecule has 2 amide bonds. The van der Waals surface area contributed by atoms with Gasteiger partial charge in [0.05, 0.1) is 18.4 Å². The monoisotopic (exact) mass is 313 g/mol. The highest BCUT2D eigenvalue weighted by Gasteiger charge is 2.47. The number of nitrogens with zero attached hydrogens (tertiary/aromatic N) is 1. The number of fused-ring (bicyclic) bond motifs is 2. The maximum Gasteiger partial charge on any atom is 0.233 e. The number of carbonyl (C=O) groups is 3. The van der Waals surface area contributed by atoms with E-state index < -0.39 is 0 Å². The van der Waals surface area contributed by atoms with Gasteiger partial charge in [0.15, 0.2) is 17.3 Å².